The van der Waals surface area contributed by atoms with Crippen molar-refractivity contribution >= 4 is 11.6 Å². The maximum absolute atomic E-state index is 9.91. The highest BCUT2D eigenvalue weighted by Crippen LogP contribution is 2.57. The quantitative estimate of drug-likeness (QED) is 0.420. The fourth-order valence-electron chi connectivity index (χ4n) is 3.09. The second kappa shape index (κ2) is 3.29. The number of fused-ring (bicyclic) bond motifs is 2. The van der Waals surface area contributed by atoms with Gasteiger partial charge in [0.05, 0.1) is 0 Å². The average Bonchev–Trinajstić information content (AvgIpc) is 2.75. The molecule has 0 aromatic heterocycles. The number of aliphatic hydroxyl groups is 1. The first-order valence-electron chi connectivity index (χ1n) is 5.03. The highest BCUT2D eigenvalue weighted by atomic mass is 35.5. The number of hydrogen-bond acceptors (Lipinski definition) is 1. The molecule has 0 heterocycles. The van der Waals surface area contributed by atoms with E-state index in [0.29, 0.717) is 23.6 Å². The number of aliphatic hydroxyl groups excluding tert-OH is 1. The van der Waals surface area contributed by atoms with Gasteiger partial charge in [-0.3, -0.25) is 0 Å². The molecule has 1 fully saturated rings. The van der Waals surface area contributed by atoms with Crippen molar-refractivity contribution in [3.05, 3.63) is 12.2 Å². The van der Waals surface area contributed by atoms with Crippen molar-refractivity contribution in [2.45, 2.75) is 19.4 Å². The molecule has 2 bridgehead atoms. The van der Waals surface area contributed by atoms with Crippen molar-refractivity contribution in [3.8, 4) is 12.3 Å². The fraction of sp³-hybridized carbons (Fsp3) is 0.667. The molecular formula is C12H15ClO. The number of halogens is 1. The summed E-state index contributed by atoms with van der Waals surface area (Å²) in [7, 11) is 0. The Morgan fingerprint density at radius 1 is 1.71 bits per heavy atom. The zero-order chi connectivity index (χ0) is 10.3. The molecular weight excluding hydrogens is 196 g/mol. The lowest BCUT2D eigenvalue weighted by Gasteiger charge is -2.39. The minimum Gasteiger partial charge on any atom is -0.380 e. The van der Waals surface area contributed by atoms with E-state index in [9.17, 15) is 5.11 Å². The lowest BCUT2D eigenvalue weighted by Crippen LogP contribution is -2.42. The molecule has 2 heteroatoms. The lowest BCUT2D eigenvalue weighted by molar-refractivity contribution is 0.0275. The van der Waals surface area contributed by atoms with Crippen molar-refractivity contribution in [1.29, 1.82) is 0 Å². The molecule has 1 nitrogen and oxygen atoms in total. The third-order valence-electron chi connectivity index (χ3n) is 4.14. The Balaban J connectivity index is 2.34. The van der Waals surface area contributed by atoms with E-state index in [4.69, 9.17) is 18.0 Å². The summed E-state index contributed by atoms with van der Waals surface area (Å²) in [6.07, 6.45) is 10.2. The first-order valence-corrected chi connectivity index (χ1v) is 5.56. The van der Waals surface area contributed by atoms with Crippen LogP contribution in [-0.4, -0.2) is 17.1 Å². The molecule has 0 aliphatic heterocycles. The molecule has 5 atom stereocenters. The second-order valence-corrected chi connectivity index (χ2v) is 4.90. The lowest BCUT2D eigenvalue weighted by atomic mass is 9.67. The molecule has 1 unspecified atom stereocenters. The van der Waals surface area contributed by atoms with Crippen LogP contribution in [0.2, 0.25) is 0 Å². The zero-order valence-corrected chi connectivity index (χ0v) is 9.04. The van der Waals surface area contributed by atoms with Gasteiger partial charge in [-0.2, -0.15) is 0 Å². The van der Waals surface area contributed by atoms with Gasteiger partial charge in [0.2, 0.25) is 0 Å². The number of hydrogen-bond donors (Lipinski definition) is 1. The summed E-state index contributed by atoms with van der Waals surface area (Å²) in [5, 5.41) is 9.91. The van der Waals surface area contributed by atoms with Crippen molar-refractivity contribution < 1.29 is 5.11 Å². The van der Waals surface area contributed by atoms with Crippen molar-refractivity contribution in [1.82, 2.24) is 0 Å². The molecule has 2 aliphatic rings. The second-order valence-electron chi connectivity index (χ2n) is 4.59. The van der Waals surface area contributed by atoms with E-state index in [2.05, 4.69) is 25.0 Å². The summed E-state index contributed by atoms with van der Waals surface area (Å²) in [4.78, 5) is 0. The van der Waals surface area contributed by atoms with Crippen LogP contribution < -0.4 is 0 Å². The standard InChI is InChI=1S/C12H15ClO/c1-3-11(14)12(2)9-5-4-8(6-9)10(12)7-13/h1,4-5,8-11,14H,6-7H2,2H3/t8-,9+,10-,11?,12-/m1/s1. The fourth-order valence-corrected chi connectivity index (χ4v) is 3.65. The van der Waals surface area contributed by atoms with Gasteiger partial charge in [-0.1, -0.05) is 25.0 Å². The Hall–Kier alpha value is -0.450. The van der Waals surface area contributed by atoms with Gasteiger partial charge in [0.1, 0.15) is 6.10 Å². The molecule has 0 aromatic carbocycles. The normalized spacial score (nSPS) is 46.6. The highest BCUT2D eigenvalue weighted by molar-refractivity contribution is 6.18. The number of terminal acetylenes is 1. The molecule has 0 aromatic rings. The molecule has 1 N–H and O–H groups in total. The molecule has 1 saturated carbocycles. The van der Waals surface area contributed by atoms with Gasteiger partial charge in [0.15, 0.2) is 0 Å². The van der Waals surface area contributed by atoms with Crippen LogP contribution in [0.25, 0.3) is 0 Å². The Morgan fingerprint density at radius 2 is 2.43 bits per heavy atom. The molecule has 2 rings (SSSR count). The maximum atomic E-state index is 9.91. The number of rotatable bonds is 2. The number of allylic oxidation sites excluding steroid dienone is 2. The van der Waals surface area contributed by atoms with Crippen LogP contribution in [0.1, 0.15) is 13.3 Å². The Bertz CT molecular complexity index is 304. The van der Waals surface area contributed by atoms with Gasteiger partial charge in [-0.25, -0.2) is 0 Å². The first-order chi connectivity index (χ1) is 6.64. The van der Waals surface area contributed by atoms with Gasteiger partial charge < -0.3 is 5.11 Å². The van der Waals surface area contributed by atoms with Crippen LogP contribution in [-0.2, 0) is 0 Å². The summed E-state index contributed by atoms with van der Waals surface area (Å²) in [6.45, 7) is 2.07. The predicted octanol–water partition coefficient (Wildman–Crippen LogP) is 2.05. The van der Waals surface area contributed by atoms with E-state index >= 15 is 0 Å². The Kier molecular flexibility index (Phi) is 2.37. The molecule has 0 saturated heterocycles. The van der Waals surface area contributed by atoms with Crippen LogP contribution in [0.5, 0.6) is 0 Å². The summed E-state index contributed by atoms with van der Waals surface area (Å²) >= 11 is 5.97. The minimum atomic E-state index is -0.675. The number of alkyl halides is 1. The van der Waals surface area contributed by atoms with E-state index in [1.54, 1.807) is 0 Å². The van der Waals surface area contributed by atoms with Crippen molar-refractivity contribution in [3.63, 3.8) is 0 Å². The first kappa shape index (κ1) is 10.1. The van der Waals surface area contributed by atoms with Crippen molar-refractivity contribution in [2.24, 2.45) is 23.2 Å². The van der Waals surface area contributed by atoms with Crippen LogP contribution in [0.4, 0.5) is 0 Å². The predicted molar refractivity (Wildman–Crippen MR) is 57.9 cm³/mol. The van der Waals surface area contributed by atoms with Gasteiger partial charge in [-0.05, 0) is 24.2 Å². The topological polar surface area (TPSA) is 20.2 Å². The molecule has 2 aliphatic carbocycles. The summed E-state index contributed by atoms with van der Waals surface area (Å²) < 4.78 is 0. The molecule has 14 heavy (non-hydrogen) atoms. The van der Waals surface area contributed by atoms with Crippen LogP contribution in [0.3, 0.4) is 0 Å². The van der Waals surface area contributed by atoms with Gasteiger partial charge in [-0.15, -0.1) is 18.0 Å². The Morgan fingerprint density at radius 3 is 3.00 bits per heavy atom. The molecule has 0 radical (unpaired) electrons. The third-order valence-corrected chi connectivity index (χ3v) is 4.48. The molecule has 0 spiro atoms. The van der Waals surface area contributed by atoms with E-state index in [1.165, 1.54) is 0 Å². The largest absolute Gasteiger partial charge is 0.380 e. The van der Waals surface area contributed by atoms with E-state index < -0.39 is 6.10 Å². The zero-order valence-electron chi connectivity index (χ0n) is 8.28. The van der Waals surface area contributed by atoms with E-state index in [-0.39, 0.29) is 5.41 Å². The maximum Gasteiger partial charge on any atom is 0.120 e. The summed E-state index contributed by atoms with van der Waals surface area (Å²) in [5.41, 5.74) is -0.212. The van der Waals surface area contributed by atoms with Crippen LogP contribution in [0.15, 0.2) is 12.2 Å². The third kappa shape index (κ3) is 1.08. The average molecular weight is 211 g/mol. The highest BCUT2D eigenvalue weighted by Gasteiger charge is 2.55. The van der Waals surface area contributed by atoms with Crippen molar-refractivity contribution in [2.75, 3.05) is 5.88 Å². The van der Waals surface area contributed by atoms with Gasteiger partial charge in [0.25, 0.3) is 0 Å². The van der Waals surface area contributed by atoms with Crippen LogP contribution >= 0.6 is 11.6 Å². The van der Waals surface area contributed by atoms with E-state index in [0.717, 1.165) is 6.42 Å². The minimum absolute atomic E-state index is 0.212. The molecule has 76 valence electrons. The van der Waals surface area contributed by atoms with Gasteiger partial charge >= 0.3 is 0 Å². The monoisotopic (exact) mass is 210 g/mol. The van der Waals surface area contributed by atoms with E-state index in [1.807, 2.05) is 0 Å². The SMILES string of the molecule is C#CC(O)[C@@]1(C)[C@H](CCl)[C@@H]2C=C[C@H]1C2. The summed E-state index contributed by atoms with van der Waals surface area (Å²) in [5.74, 6) is 4.29. The Labute approximate surface area is 90.1 Å². The van der Waals surface area contributed by atoms with Crippen LogP contribution in [0, 0.1) is 35.5 Å². The van der Waals surface area contributed by atoms with Gasteiger partial charge in [0, 0.05) is 11.3 Å². The summed E-state index contributed by atoms with van der Waals surface area (Å²) in [6, 6.07) is 0. The smallest absolute Gasteiger partial charge is 0.120 e. The molecule has 0 amide bonds.